The van der Waals surface area contributed by atoms with Crippen LogP contribution in [0.2, 0.25) is 0 Å². The summed E-state index contributed by atoms with van der Waals surface area (Å²) in [6.07, 6.45) is 6.81. The molecular formula is C26H28N6O3. The Bertz CT molecular complexity index is 1260. The molecule has 1 fully saturated rings. The first-order chi connectivity index (χ1) is 17.1. The first-order valence-corrected chi connectivity index (χ1v) is 11.8. The number of hydrogen-bond acceptors (Lipinski definition) is 5. The van der Waals surface area contributed by atoms with E-state index in [1.165, 1.54) is 0 Å². The number of anilines is 1. The molecule has 0 spiro atoms. The lowest BCUT2D eigenvalue weighted by molar-refractivity contribution is -0.888. The maximum atomic E-state index is 13.1. The highest BCUT2D eigenvalue weighted by Gasteiger charge is 2.21. The van der Waals surface area contributed by atoms with E-state index in [4.69, 9.17) is 9.72 Å². The Morgan fingerprint density at radius 1 is 1.11 bits per heavy atom. The van der Waals surface area contributed by atoms with Crippen LogP contribution >= 0.6 is 0 Å². The summed E-state index contributed by atoms with van der Waals surface area (Å²) in [5.74, 6) is 0.198. The van der Waals surface area contributed by atoms with Gasteiger partial charge < -0.3 is 14.6 Å². The Morgan fingerprint density at radius 2 is 1.94 bits per heavy atom. The number of carbonyl (C=O) groups is 1. The van der Waals surface area contributed by atoms with E-state index in [-0.39, 0.29) is 10.6 Å². The van der Waals surface area contributed by atoms with Crippen LogP contribution in [0.3, 0.4) is 0 Å². The number of benzene rings is 2. The fourth-order valence-corrected chi connectivity index (χ4v) is 4.29. The molecule has 1 aliphatic rings. The number of aromatic nitrogens is 4. The lowest BCUT2D eigenvalue weighted by Gasteiger charge is -2.45. The molecule has 0 bridgehead atoms. The van der Waals surface area contributed by atoms with Gasteiger partial charge in [0.1, 0.15) is 13.1 Å². The number of aryl methyl sites for hydroxylation is 1. The van der Waals surface area contributed by atoms with Crippen molar-refractivity contribution in [3.05, 3.63) is 89.7 Å². The van der Waals surface area contributed by atoms with Gasteiger partial charge in [-0.3, -0.25) is 19.8 Å². The van der Waals surface area contributed by atoms with Gasteiger partial charge in [0.15, 0.2) is 0 Å². The molecule has 9 nitrogen and oxygen atoms in total. The third-order valence-corrected chi connectivity index (χ3v) is 6.26. The van der Waals surface area contributed by atoms with Gasteiger partial charge in [-0.15, -0.1) is 0 Å². The highest BCUT2D eigenvalue weighted by molar-refractivity contribution is 6.04. The molecule has 0 saturated carbocycles. The first-order valence-electron chi connectivity index (χ1n) is 11.8. The number of amides is 1. The minimum absolute atomic E-state index is 0.212. The molecule has 1 saturated heterocycles. The fourth-order valence-electron chi connectivity index (χ4n) is 4.29. The monoisotopic (exact) mass is 472 g/mol. The van der Waals surface area contributed by atoms with E-state index in [1.807, 2.05) is 59.3 Å². The van der Waals surface area contributed by atoms with Crippen molar-refractivity contribution >= 4 is 11.9 Å². The number of hydroxylamine groups is 3. The number of carbonyl (C=O) groups excluding carboxylic acids is 1. The van der Waals surface area contributed by atoms with Gasteiger partial charge in [-0.25, -0.2) is 4.98 Å². The van der Waals surface area contributed by atoms with Crippen molar-refractivity contribution in [2.24, 2.45) is 0 Å². The standard InChI is InChI=1S/C26H28N6O3/c33-25(21-7-4-6-20(16-21)22-17-27-28-18-22)30-26-29-23(19-31(26)24-9-2-1-3-10-24)8-5-11-32(34)12-14-35-15-13-32/h1-4,6-7,9-10,16-19H,5,8,11-15H2,(H,27,28)(H,29,30,33). The van der Waals surface area contributed by atoms with Gasteiger partial charge in [-0.05, 0) is 36.2 Å². The topological polar surface area (TPSA) is 108 Å². The predicted octanol–water partition coefficient (Wildman–Crippen LogP) is 3.79. The normalized spacial score (nSPS) is 15.1. The Balaban J connectivity index is 1.34. The molecule has 2 aromatic heterocycles. The second kappa shape index (κ2) is 10.2. The zero-order valence-electron chi connectivity index (χ0n) is 19.4. The van der Waals surface area contributed by atoms with Crippen molar-refractivity contribution in [3.63, 3.8) is 0 Å². The van der Waals surface area contributed by atoms with Crippen LogP contribution in [0, 0.1) is 5.21 Å². The number of nitrogens with one attached hydrogen (secondary N) is 2. The molecule has 2 aromatic carbocycles. The van der Waals surface area contributed by atoms with E-state index in [9.17, 15) is 10.0 Å². The Hall–Kier alpha value is -3.79. The molecule has 9 heteroatoms. The molecule has 180 valence electrons. The van der Waals surface area contributed by atoms with Gasteiger partial charge in [0.25, 0.3) is 5.91 Å². The fraction of sp³-hybridized carbons (Fsp3) is 0.269. The summed E-state index contributed by atoms with van der Waals surface area (Å²) in [5, 5.41) is 22.5. The van der Waals surface area contributed by atoms with Gasteiger partial charge in [-0.2, -0.15) is 5.10 Å². The zero-order chi connectivity index (χ0) is 24.1. The van der Waals surface area contributed by atoms with Gasteiger partial charge in [0.05, 0.1) is 31.6 Å². The number of hydrogen-bond donors (Lipinski definition) is 2. The van der Waals surface area contributed by atoms with Crippen LogP contribution in [0.15, 0.2) is 73.2 Å². The summed E-state index contributed by atoms with van der Waals surface area (Å²) < 4.78 is 6.99. The summed E-state index contributed by atoms with van der Waals surface area (Å²) in [6, 6.07) is 17.1. The lowest BCUT2D eigenvalue weighted by Crippen LogP contribution is -2.50. The minimum atomic E-state index is -0.248. The second-order valence-corrected chi connectivity index (χ2v) is 8.73. The summed E-state index contributed by atoms with van der Waals surface area (Å²) >= 11 is 0. The number of H-pyrrole nitrogens is 1. The maximum absolute atomic E-state index is 13.1. The van der Waals surface area contributed by atoms with E-state index in [1.54, 1.807) is 18.5 Å². The van der Waals surface area contributed by atoms with Gasteiger partial charge in [0, 0.05) is 35.6 Å². The Morgan fingerprint density at radius 3 is 2.71 bits per heavy atom. The number of rotatable bonds is 8. The van der Waals surface area contributed by atoms with E-state index >= 15 is 0 Å². The summed E-state index contributed by atoms with van der Waals surface area (Å²) in [7, 11) is 0. The molecule has 4 aromatic rings. The van der Waals surface area contributed by atoms with E-state index in [0.29, 0.717) is 50.8 Å². The average molecular weight is 473 g/mol. The van der Waals surface area contributed by atoms with Crippen LogP contribution in [0.25, 0.3) is 16.8 Å². The number of para-hydroxylation sites is 1. The van der Waals surface area contributed by atoms with Crippen LogP contribution in [0.4, 0.5) is 5.95 Å². The van der Waals surface area contributed by atoms with Crippen LogP contribution in [-0.4, -0.2) is 63.1 Å². The summed E-state index contributed by atoms with van der Waals surface area (Å²) in [4.78, 5) is 17.9. The molecule has 5 rings (SSSR count). The molecule has 35 heavy (non-hydrogen) atoms. The van der Waals surface area contributed by atoms with E-state index in [2.05, 4.69) is 15.5 Å². The number of aromatic amines is 1. The second-order valence-electron chi connectivity index (χ2n) is 8.73. The van der Waals surface area contributed by atoms with Gasteiger partial charge in [0.2, 0.25) is 5.95 Å². The number of morpholine rings is 1. The lowest BCUT2D eigenvalue weighted by atomic mass is 10.1. The van der Waals surface area contributed by atoms with Crippen LogP contribution in [-0.2, 0) is 11.2 Å². The summed E-state index contributed by atoms with van der Waals surface area (Å²) in [6.45, 7) is 2.56. The van der Waals surface area contributed by atoms with E-state index in [0.717, 1.165) is 28.9 Å². The largest absolute Gasteiger partial charge is 0.633 e. The van der Waals surface area contributed by atoms with Gasteiger partial charge in [-0.1, -0.05) is 30.3 Å². The SMILES string of the molecule is O=C(Nc1nc(CCC[N+]2([O-])CCOCC2)cn1-c1ccccc1)c1cccc(-c2cn[nH]c2)c1. The Kier molecular flexibility index (Phi) is 6.71. The average Bonchev–Trinajstić information content (AvgIpc) is 3.56. The molecule has 1 aliphatic heterocycles. The van der Waals surface area contributed by atoms with Crippen LogP contribution in [0.1, 0.15) is 22.5 Å². The minimum Gasteiger partial charge on any atom is -0.633 e. The number of nitrogens with zero attached hydrogens (tertiary/aromatic N) is 4. The molecule has 1 amide bonds. The van der Waals surface area contributed by atoms with Gasteiger partial charge >= 0.3 is 0 Å². The van der Waals surface area contributed by atoms with Crippen molar-refractivity contribution in [2.45, 2.75) is 12.8 Å². The van der Waals surface area contributed by atoms with Crippen molar-refractivity contribution in [1.29, 1.82) is 0 Å². The third kappa shape index (κ3) is 5.48. The van der Waals surface area contributed by atoms with Crippen molar-refractivity contribution in [3.8, 4) is 16.8 Å². The molecule has 0 radical (unpaired) electrons. The highest BCUT2D eigenvalue weighted by atomic mass is 16.6. The van der Waals surface area contributed by atoms with Crippen molar-refractivity contribution in [2.75, 3.05) is 38.2 Å². The molecular weight excluding hydrogens is 444 g/mol. The van der Waals surface area contributed by atoms with Crippen LogP contribution < -0.4 is 5.32 Å². The zero-order valence-corrected chi connectivity index (χ0v) is 19.4. The van der Waals surface area contributed by atoms with Crippen LogP contribution in [0.5, 0.6) is 0 Å². The molecule has 0 atom stereocenters. The number of imidazole rings is 1. The molecule has 2 N–H and O–H groups in total. The van der Waals surface area contributed by atoms with Crippen molar-refractivity contribution in [1.82, 2.24) is 19.7 Å². The molecule has 0 unspecified atom stereocenters. The maximum Gasteiger partial charge on any atom is 0.258 e. The molecule has 3 heterocycles. The predicted molar refractivity (Wildman–Crippen MR) is 133 cm³/mol. The van der Waals surface area contributed by atoms with Crippen molar-refractivity contribution < 1.29 is 14.2 Å². The van der Waals surface area contributed by atoms with E-state index < -0.39 is 0 Å². The Labute approximate surface area is 203 Å². The quantitative estimate of drug-likeness (QED) is 0.300. The number of ether oxygens (including phenoxy) is 1. The number of quaternary nitrogens is 1. The smallest absolute Gasteiger partial charge is 0.258 e. The molecule has 0 aliphatic carbocycles. The first kappa shape index (κ1) is 23.0. The summed E-state index contributed by atoms with van der Waals surface area (Å²) in [5.41, 5.74) is 4.06. The third-order valence-electron chi connectivity index (χ3n) is 6.26. The highest BCUT2D eigenvalue weighted by Crippen LogP contribution is 2.22.